The number of rotatable bonds is 7. The summed E-state index contributed by atoms with van der Waals surface area (Å²) in [5.74, 6) is 1.46. The van der Waals surface area contributed by atoms with Crippen molar-refractivity contribution >= 4 is 11.8 Å². The molecule has 4 rings (SSSR count). The van der Waals surface area contributed by atoms with Crippen LogP contribution >= 0.6 is 0 Å². The van der Waals surface area contributed by atoms with Gasteiger partial charge in [0, 0.05) is 5.92 Å². The second kappa shape index (κ2) is 8.00. The van der Waals surface area contributed by atoms with E-state index in [2.05, 4.69) is 0 Å². The highest BCUT2D eigenvalue weighted by molar-refractivity contribution is 6.03. The minimum Gasteiger partial charge on any atom is -0.491 e. The molecule has 0 radical (unpaired) electrons. The lowest BCUT2D eigenvalue weighted by atomic mass is 9.62. The van der Waals surface area contributed by atoms with E-state index < -0.39 is 11.5 Å². The summed E-state index contributed by atoms with van der Waals surface area (Å²) in [7, 11) is 0. The molecule has 31 heavy (non-hydrogen) atoms. The van der Waals surface area contributed by atoms with Gasteiger partial charge < -0.3 is 14.6 Å². The van der Waals surface area contributed by atoms with Crippen LogP contribution in [0.1, 0.15) is 33.6 Å². The number of likely N-dealkylation sites (tertiary alicyclic amines) is 1. The number of amides is 2. The fourth-order valence-corrected chi connectivity index (χ4v) is 4.76. The van der Waals surface area contributed by atoms with Crippen molar-refractivity contribution in [3.8, 4) is 17.2 Å². The predicted molar refractivity (Wildman–Crippen MR) is 116 cm³/mol. The molecule has 1 N–H and O–H groups in total. The third kappa shape index (κ3) is 3.81. The molecular formula is C25H29NO5. The average molecular weight is 424 g/mol. The Balaban J connectivity index is 1.33. The molecule has 1 aliphatic carbocycles. The van der Waals surface area contributed by atoms with Gasteiger partial charge in [-0.15, -0.1) is 0 Å². The Bertz CT molecular complexity index is 956. The van der Waals surface area contributed by atoms with Crippen LogP contribution in [0.3, 0.4) is 0 Å². The number of carbonyl (C=O) groups excluding carboxylic acids is 2. The van der Waals surface area contributed by atoms with Crippen LogP contribution in [-0.4, -0.2) is 41.1 Å². The van der Waals surface area contributed by atoms with Crippen molar-refractivity contribution in [3.63, 3.8) is 0 Å². The van der Waals surface area contributed by atoms with E-state index in [-0.39, 0.29) is 36.3 Å². The molecule has 0 unspecified atom stereocenters. The summed E-state index contributed by atoms with van der Waals surface area (Å²) in [5.41, 5.74) is -0.927. The van der Waals surface area contributed by atoms with Gasteiger partial charge in [-0.25, -0.2) is 0 Å². The zero-order chi connectivity index (χ0) is 22.2. The molecule has 1 saturated carbocycles. The quantitative estimate of drug-likeness (QED) is 0.681. The Hall–Kier alpha value is -2.86. The first-order chi connectivity index (χ1) is 14.7. The van der Waals surface area contributed by atoms with Crippen molar-refractivity contribution in [2.75, 3.05) is 13.2 Å². The van der Waals surface area contributed by atoms with E-state index in [9.17, 15) is 14.7 Å². The van der Waals surface area contributed by atoms with Gasteiger partial charge in [-0.3, -0.25) is 14.5 Å². The van der Waals surface area contributed by atoms with Crippen molar-refractivity contribution in [2.45, 2.75) is 39.7 Å². The summed E-state index contributed by atoms with van der Waals surface area (Å²) in [5, 5.41) is 10.5. The number of hydrogen-bond donors (Lipinski definition) is 1. The average Bonchev–Trinajstić information content (AvgIpc) is 2.95. The van der Waals surface area contributed by atoms with Gasteiger partial charge in [0.15, 0.2) is 0 Å². The van der Waals surface area contributed by atoms with Crippen LogP contribution in [0.5, 0.6) is 17.2 Å². The number of imide groups is 1. The number of nitrogens with zero attached hydrogens (tertiary/aromatic N) is 1. The molecule has 2 amide bonds. The third-order valence-corrected chi connectivity index (χ3v) is 7.15. The summed E-state index contributed by atoms with van der Waals surface area (Å²) in [6, 6.07) is 16.6. The largest absolute Gasteiger partial charge is 0.491 e. The van der Waals surface area contributed by atoms with Crippen LogP contribution in [-0.2, 0) is 9.59 Å². The van der Waals surface area contributed by atoms with E-state index in [1.54, 1.807) is 24.3 Å². The van der Waals surface area contributed by atoms with Crippen molar-refractivity contribution in [1.82, 2.24) is 4.90 Å². The van der Waals surface area contributed by atoms with Gasteiger partial charge in [0.25, 0.3) is 0 Å². The number of β-amino-alcohol motifs (C(OH)–C–C–N with tert-alkyl or cyclic N) is 1. The summed E-state index contributed by atoms with van der Waals surface area (Å²) >= 11 is 0. The fraction of sp³-hybridized carbons (Fsp3) is 0.440. The SMILES string of the molecule is CC1(C)[C@H]2CC[C@]1(C)C(=O)N(C[C@H](O)COc1ccc(Oc3ccccc3)cc1)C2=O. The number of hydrogen-bond acceptors (Lipinski definition) is 5. The van der Waals surface area contributed by atoms with Gasteiger partial charge in [-0.05, 0) is 54.7 Å². The topological polar surface area (TPSA) is 76.1 Å². The molecule has 6 nitrogen and oxygen atoms in total. The van der Waals surface area contributed by atoms with Crippen LogP contribution in [0, 0.1) is 16.7 Å². The van der Waals surface area contributed by atoms with E-state index in [4.69, 9.17) is 9.47 Å². The van der Waals surface area contributed by atoms with E-state index >= 15 is 0 Å². The van der Waals surface area contributed by atoms with Gasteiger partial charge in [-0.1, -0.05) is 39.0 Å². The van der Waals surface area contributed by atoms with Crippen LogP contribution in [0.2, 0.25) is 0 Å². The molecule has 6 heteroatoms. The number of aliphatic hydroxyl groups excluding tert-OH is 1. The fourth-order valence-electron chi connectivity index (χ4n) is 4.76. The molecule has 3 atom stereocenters. The first-order valence-corrected chi connectivity index (χ1v) is 10.7. The number of fused-ring (bicyclic) bond motifs is 2. The molecule has 2 aromatic rings. The highest BCUT2D eigenvalue weighted by Gasteiger charge is 2.64. The Morgan fingerprint density at radius 2 is 1.61 bits per heavy atom. The highest BCUT2D eigenvalue weighted by atomic mass is 16.5. The minimum atomic E-state index is -0.961. The Morgan fingerprint density at radius 1 is 1.00 bits per heavy atom. The summed E-state index contributed by atoms with van der Waals surface area (Å²) < 4.78 is 11.4. The monoisotopic (exact) mass is 423 g/mol. The number of piperidine rings is 1. The molecule has 2 bridgehead atoms. The van der Waals surface area contributed by atoms with E-state index in [0.717, 1.165) is 5.75 Å². The molecule has 2 aliphatic rings. The lowest BCUT2D eigenvalue weighted by molar-refractivity contribution is -0.169. The maximum Gasteiger partial charge on any atom is 0.235 e. The van der Waals surface area contributed by atoms with Gasteiger partial charge >= 0.3 is 0 Å². The summed E-state index contributed by atoms with van der Waals surface area (Å²) in [6.45, 7) is 5.89. The lowest BCUT2D eigenvalue weighted by Gasteiger charge is -2.48. The zero-order valence-corrected chi connectivity index (χ0v) is 18.2. The zero-order valence-electron chi connectivity index (χ0n) is 18.2. The number of para-hydroxylation sites is 1. The molecule has 1 saturated heterocycles. The molecule has 164 valence electrons. The summed E-state index contributed by atoms with van der Waals surface area (Å²) in [4.78, 5) is 27.2. The van der Waals surface area contributed by atoms with Gasteiger partial charge in [0.05, 0.1) is 12.0 Å². The Labute approximate surface area is 182 Å². The van der Waals surface area contributed by atoms with E-state index in [0.29, 0.717) is 24.3 Å². The molecule has 0 aromatic heterocycles. The second-order valence-electron chi connectivity index (χ2n) is 9.25. The first-order valence-electron chi connectivity index (χ1n) is 10.7. The third-order valence-electron chi connectivity index (χ3n) is 7.15. The van der Waals surface area contributed by atoms with E-state index in [1.807, 2.05) is 51.1 Å². The lowest BCUT2D eigenvalue weighted by Crippen LogP contribution is -2.60. The number of ether oxygens (including phenoxy) is 2. The molecular weight excluding hydrogens is 394 g/mol. The number of carbonyl (C=O) groups is 2. The second-order valence-corrected chi connectivity index (χ2v) is 9.25. The number of aliphatic hydroxyl groups is 1. The molecule has 2 fully saturated rings. The minimum absolute atomic E-state index is 0.0132. The predicted octanol–water partition coefficient (Wildman–Crippen LogP) is 4.03. The number of benzene rings is 2. The normalized spacial score (nSPS) is 25.4. The smallest absolute Gasteiger partial charge is 0.235 e. The van der Waals surface area contributed by atoms with Gasteiger partial charge in [0.2, 0.25) is 11.8 Å². The standard InChI is InChI=1S/C25H29NO5/c1-24(2)21-13-14-25(24,3)23(29)26(22(21)28)15-17(27)16-30-18-9-11-20(12-10-18)31-19-7-5-4-6-8-19/h4-12,17,21,27H,13-16H2,1-3H3/t17-,21-,25+/m0/s1. The first kappa shape index (κ1) is 21.4. The molecule has 2 aromatic carbocycles. The van der Waals surface area contributed by atoms with Crippen molar-refractivity contribution in [1.29, 1.82) is 0 Å². The van der Waals surface area contributed by atoms with Gasteiger partial charge in [0.1, 0.15) is 30.0 Å². The van der Waals surface area contributed by atoms with Crippen LogP contribution in [0.4, 0.5) is 0 Å². The van der Waals surface area contributed by atoms with Crippen molar-refractivity contribution in [2.24, 2.45) is 16.7 Å². The maximum absolute atomic E-state index is 13.1. The maximum atomic E-state index is 13.1. The highest BCUT2D eigenvalue weighted by Crippen LogP contribution is 2.60. The Morgan fingerprint density at radius 3 is 2.29 bits per heavy atom. The van der Waals surface area contributed by atoms with Crippen LogP contribution in [0.15, 0.2) is 54.6 Å². The van der Waals surface area contributed by atoms with Crippen molar-refractivity contribution in [3.05, 3.63) is 54.6 Å². The Kier molecular flexibility index (Phi) is 5.52. The van der Waals surface area contributed by atoms with Crippen LogP contribution < -0.4 is 9.47 Å². The summed E-state index contributed by atoms with van der Waals surface area (Å²) in [6.07, 6.45) is 0.460. The molecule has 1 heterocycles. The molecule has 1 aliphatic heterocycles. The van der Waals surface area contributed by atoms with Crippen molar-refractivity contribution < 1.29 is 24.2 Å². The van der Waals surface area contributed by atoms with Gasteiger partial charge in [-0.2, -0.15) is 0 Å². The molecule has 0 spiro atoms. The van der Waals surface area contributed by atoms with E-state index in [1.165, 1.54) is 4.90 Å². The van der Waals surface area contributed by atoms with Crippen LogP contribution in [0.25, 0.3) is 0 Å².